The summed E-state index contributed by atoms with van der Waals surface area (Å²) in [5.74, 6) is 2.31. The molecule has 0 aromatic heterocycles. The molecule has 2 unspecified atom stereocenters. The van der Waals surface area contributed by atoms with Gasteiger partial charge in [-0.25, -0.2) is 0 Å². The van der Waals surface area contributed by atoms with Crippen LogP contribution in [-0.2, 0) is 6.42 Å². The summed E-state index contributed by atoms with van der Waals surface area (Å²) in [6.07, 6.45) is 5.82. The van der Waals surface area contributed by atoms with Crippen LogP contribution in [0.1, 0.15) is 48.0 Å². The van der Waals surface area contributed by atoms with Crippen LogP contribution < -0.4 is 4.74 Å². The lowest BCUT2D eigenvalue weighted by Gasteiger charge is -2.59. The van der Waals surface area contributed by atoms with Gasteiger partial charge in [0.2, 0.25) is 0 Å². The number of nitrogens with zero attached hydrogens (tertiary/aromatic N) is 1. The molecule has 4 bridgehead atoms. The molecule has 30 heavy (non-hydrogen) atoms. The van der Waals surface area contributed by atoms with Gasteiger partial charge in [-0.05, 0) is 73.6 Å². The smallest absolute Gasteiger partial charge is 0.253 e. The molecule has 1 amide bonds. The molecule has 2 aromatic carbocycles. The average Bonchev–Trinajstić information content (AvgIpc) is 2.72. The molecule has 4 aliphatic rings. The molecule has 0 saturated heterocycles. The van der Waals surface area contributed by atoms with Crippen LogP contribution in [0, 0.1) is 17.8 Å². The Morgan fingerprint density at radius 2 is 1.80 bits per heavy atom. The highest BCUT2D eigenvalue weighted by molar-refractivity contribution is 5.94. The van der Waals surface area contributed by atoms with Crippen molar-refractivity contribution in [3.05, 3.63) is 65.7 Å². The third kappa shape index (κ3) is 3.74. The number of hydrogen-bond acceptors (Lipinski definition) is 3. The highest BCUT2D eigenvalue weighted by Crippen LogP contribution is 2.56. The molecule has 4 fully saturated rings. The quantitative estimate of drug-likeness (QED) is 0.779. The second-order valence-electron chi connectivity index (χ2n) is 9.71. The third-order valence-electron chi connectivity index (χ3n) is 7.54. The van der Waals surface area contributed by atoms with Gasteiger partial charge in [-0.2, -0.15) is 0 Å². The summed E-state index contributed by atoms with van der Waals surface area (Å²) in [6, 6.07) is 18.1. The fourth-order valence-corrected chi connectivity index (χ4v) is 6.58. The Bertz CT molecular complexity index is 896. The van der Waals surface area contributed by atoms with Gasteiger partial charge in [-0.3, -0.25) is 4.79 Å². The van der Waals surface area contributed by atoms with Crippen molar-refractivity contribution in [3.63, 3.8) is 0 Å². The maximum Gasteiger partial charge on any atom is 0.253 e. The predicted octanol–water partition coefficient (Wildman–Crippen LogP) is 4.32. The van der Waals surface area contributed by atoms with Crippen LogP contribution in [0.5, 0.6) is 5.75 Å². The Morgan fingerprint density at radius 1 is 1.07 bits per heavy atom. The van der Waals surface area contributed by atoms with Crippen molar-refractivity contribution < 1.29 is 14.6 Å². The molecule has 4 heteroatoms. The van der Waals surface area contributed by atoms with Gasteiger partial charge in [0.1, 0.15) is 5.75 Å². The van der Waals surface area contributed by atoms with Crippen molar-refractivity contribution in [1.82, 2.24) is 4.90 Å². The lowest BCUT2D eigenvalue weighted by Crippen LogP contribution is -2.61. The Morgan fingerprint density at radius 3 is 2.50 bits per heavy atom. The fourth-order valence-electron chi connectivity index (χ4n) is 6.58. The number of hydrogen-bond donors (Lipinski definition) is 1. The Hall–Kier alpha value is -2.33. The number of carbonyl (C=O) groups is 1. The highest BCUT2D eigenvalue weighted by atomic mass is 16.5. The summed E-state index contributed by atoms with van der Waals surface area (Å²) in [4.78, 5) is 15.3. The zero-order chi connectivity index (χ0) is 20.7. The molecule has 0 spiro atoms. The predicted molar refractivity (Wildman–Crippen MR) is 116 cm³/mol. The zero-order valence-electron chi connectivity index (χ0n) is 17.7. The Labute approximate surface area is 178 Å². The molecule has 0 aliphatic heterocycles. The van der Waals surface area contributed by atoms with Gasteiger partial charge in [0.25, 0.3) is 5.91 Å². The van der Waals surface area contributed by atoms with Gasteiger partial charge < -0.3 is 14.7 Å². The molecule has 158 valence electrons. The molecule has 6 rings (SSSR count). The van der Waals surface area contributed by atoms with Crippen LogP contribution in [0.3, 0.4) is 0 Å². The van der Waals surface area contributed by atoms with E-state index in [1.807, 2.05) is 54.4 Å². The molecule has 2 atom stereocenters. The van der Waals surface area contributed by atoms with Crippen molar-refractivity contribution in [3.8, 4) is 5.75 Å². The van der Waals surface area contributed by atoms with E-state index in [2.05, 4.69) is 12.1 Å². The van der Waals surface area contributed by atoms with E-state index in [0.29, 0.717) is 29.9 Å². The minimum absolute atomic E-state index is 0.0629. The lowest BCUT2D eigenvalue weighted by atomic mass is 9.52. The van der Waals surface area contributed by atoms with Gasteiger partial charge in [-0.15, -0.1) is 0 Å². The van der Waals surface area contributed by atoms with E-state index in [1.54, 1.807) is 0 Å². The van der Waals surface area contributed by atoms with E-state index in [9.17, 15) is 9.90 Å². The van der Waals surface area contributed by atoms with Crippen molar-refractivity contribution in [2.75, 3.05) is 13.7 Å². The molecule has 4 nitrogen and oxygen atoms in total. The van der Waals surface area contributed by atoms with Gasteiger partial charge in [0, 0.05) is 25.1 Å². The van der Waals surface area contributed by atoms with Crippen molar-refractivity contribution >= 4 is 5.91 Å². The van der Waals surface area contributed by atoms with E-state index in [4.69, 9.17) is 4.74 Å². The number of ether oxygens (including phenoxy) is 1. The first-order valence-corrected chi connectivity index (χ1v) is 11.3. The van der Waals surface area contributed by atoms with Crippen molar-refractivity contribution in [2.24, 2.45) is 17.8 Å². The number of benzene rings is 2. The zero-order valence-corrected chi connectivity index (χ0v) is 17.7. The summed E-state index contributed by atoms with van der Waals surface area (Å²) in [7, 11) is 1.95. The molecule has 4 aliphatic carbocycles. The molecular weight excluding hydrogens is 374 g/mol. The normalized spacial score (nSPS) is 31.5. The minimum atomic E-state index is -0.469. The minimum Gasteiger partial charge on any atom is -0.493 e. The first-order valence-electron chi connectivity index (χ1n) is 11.3. The largest absolute Gasteiger partial charge is 0.493 e. The number of amides is 1. The number of aliphatic hydroxyl groups is 1. The van der Waals surface area contributed by atoms with Crippen LogP contribution in [0.4, 0.5) is 0 Å². The average molecular weight is 406 g/mol. The van der Waals surface area contributed by atoms with Gasteiger partial charge in [0.15, 0.2) is 0 Å². The molecule has 4 saturated carbocycles. The van der Waals surface area contributed by atoms with Crippen LogP contribution in [0.2, 0.25) is 0 Å². The van der Waals surface area contributed by atoms with E-state index in [-0.39, 0.29) is 11.9 Å². The van der Waals surface area contributed by atoms with Crippen LogP contribution >= 0.6 is 0 Å². The third-order valence-corrected chi connectivity index (χ3v) is 7.54. The maximum absolute atomic E-state index is 13.3. The number of rotatable bonds is 6. The van der Waals surface area contributed by atoms with Crippen LogP contribution in [0.25, 0.3) is 0 Å². The summed E-state index contributed by atoms with van der Waals surface area (Å²) < 4.78 is 5.93. The molecule has 0 radical (unpaired) electrons. The van der Waals surface area contributed by atoms with Gasteiger partial charge >= 0.3 is 0 Å². The summed E-state index contributed by atoms with van der Waals surface area (Å²) in [5.41, 5.74) is 1.46. The summed E-state index contributed by atoms with van der Waals surface area (Å²) >= 11 is 0. The van der Waals surface area contributed by atoms with Crippen LogP contribution in [0.15, 0.2) is 54.6 Å². The molecule has 0 heterocycles. The van der Waals surface area contributed by atoms with Crippen LogP contribution in [-0.4, -0.2) is 41.2 Å². The van der Waals surface area contributed by atoms with Crippen molar-refractivity contribution in [2.45, 2.75) is 50.2 Å². The first-order chi connectivity index (χ1) is 14.5. The second-order valence-corrected chi connectivity index (χ2v) is 9.71. The Kier molecular flexibility index (Phi) is 5.06. The maximum atomic E-state index is 13.3. The molecular formula is C26H31NO3. The summed E-state index contributed by atoms with van der Waals surface area (Å²) in [5, 5.41) is 10.8. The topological polar surface area (TPSA) is 49.8 Å². The van der Waals surface area contributed by atoms with E-state index in [0.717, 1.165) is 44.3 Å². The highest BCUT2D eigenvalue weighted by Gasteiger charge is 2.56. The lowest BCUT2D eigenvalue weighted by molar-refractivity contribution is -0.152. The second kappa shape index (κ2) is 7.73. The van der Waals surface area contributed by atoms with E-state index >= 15 is 0 Å². The first kappa shape index (κ1) is 19.6. The van der Waals surface area contributed by atoms with Gasteiger partial charge in [0.05, 0.1) is 12.2 Å². The monoisotopic (exact) mass is 405 g/mol. The summed E-state index contributed by atoms with van der Waals surface area (Å²) in [6.45, 7) is 0.588. The standard InChI is InChI=1S/C26H31NO3/c1-27(24-21-12-19-13-22(24)17-26(29,15-19)16-21)25(28)20-8-5-9-23(14-20)30-11-10-18-6-3-2-4-7-18/h2-9,14,19,21-22,24,29H,10-13,15-17H2,1H3. The fraction of sp³-hybridized carbons (Fsp3) is 0.500. The van der Waals surface area contributed by atoms with E-state index in [1.165, 1.54) is 5.56 Å². The molecule has 1 N–H and O–H groups in total. The van der Waals surface area contributed by atoms with Crippen molar-refractivity contribution in [1.29, 1.82) is 0 Å². The Balaban J connectivity index is 1.24. The SMILES string of the molecule is CN(C(=O)c1cccc(OCCc2ccccc2)c1)C1C2CC3CC1CC(O)(C3)C2. The van der Waals surface area contributed by atoms with Gasteiger partial charge in [-0.1, -0.05) is 36.4 Å². The number of carbonyl (C=O) groups excluding carboxylic acids is 1. The van der Waals surface area contributed by atoms with E-state index < -0.39 is 5.60 Å². The molecule has 2 aromatic rings.